The molecule has 0 saturated carbocycles. The Bertz CT molecular complexity index is 769. The van der Waals surface area contributed by atoms with Crippen LogP contribution in [0.4, 0.5) is 4.39 Å². The van der Waals surface area contributed by atoms with E-state index < -0.39 is 0 Å². The van der Waals surface area contributed by atoms with E-state index in [0.717, 1.165) is 11.3 Å². The van der Waals surface area contributed by atoms with Gasteiger partial charge in [0.15, 0.2) is 0 Å². The first-order valence-corrected chi connectivity index (χ1v) is 7.08. The van der Waals surface area contributed by atoms with Crippen LogP contribution in [0, 0.1) is 5.82 Å². The minimum absolute atomic E-state index is 0.157. The zero-order valence-electron chi connectivity index (χ0n) is 12.2. The van der Waals surface area contributed by atoms with Gasteiger partial charge >= 0.3 is 0 Å². The van der Waals surface area contributed by atoms with Gasteiger partial charge in [0.05, 0.1) is 5.69 Å². The molecule has 2 aromatic carbocycles. The predicted molar refractivity (Wildman–Crippen MR) is 81.6 cm³/mol. The molecular formula is C16H14FN5O. The van der Waals surface area contributed by atoms with Crippen molar-refractivity contribution >= 4 is 5.91 Å². The van der Waals surface area contributed by atoms with Crippen LogP contribution in [0.25, 0.3) is 5.69 Å². The lowest BCUT2D eigenvalue weighted by atomic mass is 10.1. The fourth-order valence-corrected chi connectivity index (χ4v) is 2.12. The summed E-state index contributed by atoms with van der Waals surface area (Å²) < 4.78 is 14.3. The third-order valence-corrected chi connectivity index (χ3v) is 3.36. The molecule has 0 fully saturated rings. The molecule has 0 spiro atoms. The van der Waals surface area contributed by atoms with Gasteiger partial charge in [-0.2, -0.15) is 0 Å². The number of carbonyl (C=O) groups is 1. The number of carbonyl (C=O) groups excluding carboxylic acids is 1. The molecule has 3 aromatic rings. The van der Waals surface area contributed by atoms with E-state index >= 15 is 0 Å². The molecule has 6 nitrogen and oxygen atoms in total. The molecule has 1 aromatic heterocycles. The largest absolute Gasteiger partial charge is 0.352 e. The molecule has 0 saturated heterocycles. The van der Waals surface area contributed by atoms with Gasteiger partial charge in [0.25, 0.3) is 5.91 Å². The number of tetrazole rings is 1. The fraction of sp³-hybridized carbons (Fsp3) is 0.125. The second-order valence-electron chi connectivity index (χ2n) is 4.93. The lowest BCUT2D eigenvalue weighted by Gasteiger charge is -2.06. The summed E-state index contributed by atoms with van der Waals surface area (Å²) in [5, 5.41) is 13.7. The van der Waals surface area contributed by atoms with E-state index in [1.54, 1.807) is 36.4 Å². The maximum atomic E-state index is 12.8. The molecule has 0 atom stereocenters. The highest BCUT2D eigenvalue weighted by Crippen LogP contribution is 2.08. The molecule has 0 bridgehead atoms. The van der Waals surface area contributed by atoms with Gasteiger partial charge in [-0.15, -0.1) is 5.10 Å². The molecule has 0 unspecified atom stereocenters. The topological polar surface area (TPSA) is 72.7 Å². The first-order chi connectivity index (χ1) is 11.2. The van der Waals surface area contributed by atoms with Gasteiger partial charge in [-0.1, -0.05) is 12.1 Å². The van der Waals surface area contributed by atoms with E-state index in [0.29, 0.717) is 18.5 Å². The van der Waals surface area contributed by atoms with Crippen molar-refractivity contribution < 1.29 is 9.18 Å². The monoisotopic (exact) mass is 311 g/mol. The van der Waals surface area contributed by atoms with Gasteiger partial charge in [-0.05, 0) is 58.8 Å². The minimum Gasteiger partial charge on any atom is -0.352 e. The van der Waals surface area contributed by atoms with Crippen LogP contribution in [0.5, 0.6) is 0 Å². The van der Waals surface area contributed by atoms with Crippen LogP contribution in [0.1, 0.15) is 15.9 Å². The second-order valence-corrected chi connectivity index (χ2v) is 4.93. The Kier molecular flexibility index (Phi) is 4.37. The van der Waals surface area contributed by atoms with Gasteiger partial charge in [0.2, 0.25) is 0 Å². The van der Waals surface area contributed by atoms with Crippen molar-refractivity contribution in [3.63, 3.8) is 0 Å². The number of amides is 1. The SMILES string of the molecule is O=C(NCCc1ccc(F)cc1)c1ccc(-n2cnnn2)cc1. The van der Waals surface area contributed by atoms with Crippen LogP contribution in [0.2, 0.25) is 0 Å². The average Bonchev–Trinajstić information content (AvgIpc) is 3.11. The molecule has 0 aliphatic carbocycles. The maximum Gasteiger partial charge on any atom is 0.251 e. The van der Waals surface area contributed by atoms with Crippen molar-refractivity contribution in [3.8, 4) is 5.69 Å². The molecule has 1 N–H and O–H groups in total. The highest BCUT2D eigenvalue weighted by Gasteiger charge is 2.06. The molecule has 0 radical (unpaired) electrons. The summed E-state index contributed by atoms with van der Waals surface area (Å²) in [6.07, 6.45) is 2.13. The molecule has 3 rings (SSSR count). The van der Waals surface area contributed by atoms with Crippen molar-refractivity contribution in [2.75, 3.05) is 6.54 Å². The Labute approximate surface area is 132 Å². The zero-order chi connectivity index (χ0) is 16.1. The van der Waals surface area contributed by atoms with Crippen LogP contribution in [0.3, 0.4) is 0 Å². The summed E-state index contributed by atoms with van der Waals surface area (Å²) in [5.41, 5.74) is 2.31. The molecule has 116 valence electrons. The van der Waals surface area contributed by atoms with Gasteiger partial charge in [0, 0.05) is 12.1 Å². The van der Waals surface area contributed by atoms with Gasteiger partial charge < -0.3 is 5.32 Å². The molecular weight excluding hydrogens is 297 g/mol. The first kappa shape index (κ1) is 14.8. The van der Waals surface area contributed by atoms with Crippen LogP contribution in [0.15, 0.2) is 54.9 Å². The number of hydrogen-bond acceptors (Lipinski definition) is 4. The second kappa shape index (κ2) is 6.78. The van der Waals surface area contributed by atoms with Crippen LogP contribution in [-0.2, 0) is 6.42 Å². The quantitative estimate of drug-likeness (QED) is 0.779. The smallest absolute Gasteiger partial charge is 0.251 e. The number of aromatic nitrogens is 4. The number of hydrogen-bond donors (Lipinski definition) is 1. The van der Waals surface area contributed by atoms with Gasteiger partial charge in [0.1, 0.15) is 12.1 Å². The van der Waals surface area contributed by atoms with Crippen LogP contribution in [-0.4, -0.2) is 32.7 Å². The first-order valence-electron chi connectivity index (χ1n) is 7.08. The van der Waals surface area contributed by atoms with E-state index in [2.05, 4.69) is 20.8 Å². The minimum atomic E-state index is -0.263. The summed E-state index contributed by atoms with van der Waals surface area (Å²) in [6.45, 7) is 0.485. The summed E-state index contributed by atoms with van der Waals surface area (Å²) in [7, 11) is 0. The van der Waals surface area contributed by atoms with Crippen molar-refractivity contribution in [1.29, 1.82) is 0 Å². The fourth-order valence-electron chi connectivity index (χ4n) is 2.12. The third-order valence-electron chi connectivity index (χ3n) is 3.36. The lowest BCUT2D eigenvalue weighted by molar-refractivity contribution is 0.0954. The van der Waals surface area contributed by atoms with Gasteiger partial charge in [-0.25, -0.2) is 9.07 Å². The Morgan fingerprint density at radius 3 is 2.48 bits per heavy atom. The maximum absolute atomic E-state index is 12.8. The number of nitrogens with zero attached hydrogens (tertiary/aromatic N) is 4. The zero-order valence-corrected chi connectivity index (χ0v) is 12.2. The van der Waals surface area contributed by atoms with E-state index in [-0.39, 0.29) is 11.7 Å². The summed E-state index contributed by atoms with van der Waals surface area (Å²) >= 11 is 0. The highest BCUT2D eigenvalue weighted by molar-refractivity contribution is 5.94. The van der Waals surface area contributed by atoms with Crippen molar-refractivity contribution in [2.24, 2.45) is 0 Å². The Hall–Kier alpha value is -3.09. The third kappa shape index (κ3) is 3.76. The van der Waals surface area contributed by atoms with Crippen LogP contribution >= 0.6 is 0 Å². The van der Waals surface area contributed by atoms with E-state index in [4.69, 9.17) is 0 Å². The Morgan fingerprint density at radius 2 is 1.83 bits per heavy atom. The Balaban J connectivity index is 1.55. The summed E-state index contributed by atoms with van der Waals surface area (Å²) in [4.78, 5) is 12.1. The van der Waals surface area contributed by atoms with Crippen molar-refractivity contribution in [3.05, 3.63) is 71.8 Å². The van der Waals surface area contributed by atoms with Crippen molar-refractivity contribution in [2.45, 2.75) is 6.42 Å². The summed E-state index contributed by atoms with van der Waals surface area (Å²) in [6, 6.07) is 13.2. The number of rotatable bonds is 5. The molecule has 0 aliphatic rings. The highest BCUT2D eigenvalue weighted by atomic mass is 19.1. The molecule has 7 heteroatoms. The Morgan fingerprint density at radius 1 is 1.09 bits per heavy atom. The van der Waals surface area contributed by atoms with E-state index in [1.165, 1.54) is 23.1 Å². The molecule has 1 heterocycles. The van der Waals surface area contributed by atoms with Crippen molar-refractivity contribution in [1.82, 2.24) is 25.5 Å². The average molecular weight is 311 g/mol. The number of benzene rings is 2. The normalized spacial score (nSPS) is 10.5. The van der Waals surface area contributed by atoms with Gasteiger partial charge in [-0.3, -0.25) is 4.79 Å². The number of nitrogens with one attached hydrogen (secondary N) is 1. The number of halogens is 1. The standard InChI is InChI=1S/C16H14FN5O/c17-14-5-1-12(2-6-14)9-10-18-16(23)13-3-7-15(8-4-13)22-11-19-20-21-22/h1-8,11H,9-10H2,(H,18,23). The van der Waals surface area contributed by atoms with Crippen LogP contribution < -0.4 is 5.32 Å². The predicted octanol–water partition coefficient (Wildman–Crippen LogP) is 1.77. The summed E-state index contributed by atoms with van der Waals surface area (Å²) in [5.74, 6) is -0.421. The molecule has 1 amide bonds. The van der Waals surface area contributed by atoms with E-state index in [1.807, 2.05) is 0 Å². The lowest BCUT2D eigenvalue weighted by Crippen LogP contribution is -2.25. The molecule has 23 heavy (non-hydrogen) atoms. The molecule has 0 aliphatic heterocycles. The van der Waals surface area contributed by atoms with E-state index in [9.17, 15) is 9.18 Å².